The molecule has 0 saturated heterocycles. The summed E-state index contributed by atoms with van der Waals surface area (Å²) in [6, 6.07) is 20.3. The van der Waals surface area contributed by atoms with Crippen LogP contribution >= 0.6 is 39.1 Å². The summed E-state index contributed by atoms with van der Waals surface area (Å²) in [4.78, 5) is 18.6. The van der Waals surface area contributed by atoms with Crippen molar-refractivity contribution in [2.75, 3.05) is 13.2 Å². The van der Waals surface area contributed by atoms with E-state index in [0.29, 0.717) is 47.7 Å². The fourth-order valence-corrected chi connectivity index (χ4v) is 4.79. The Bertz CT molecular complexity index is 1290. The first-order chi connectivity index (χ1) is 18.3. The van der Waals surface area contributed by atoms with Crippen LogP contribution < -0.4 is 15.6 Å². The number of nitrogens with zero attached hydrogens (tertiary/aromatic N) is 1. The fraction of sp³-hybridized carbons (Fsp3) is 0.286. The van der Waals surface area contributed by atoms with Crippen LogP contribution in [0.25, 0.3) is 0 Å². The molecule has 2 atom stereocenters. The number of ether oxygens (including phenoxy) is 2. The van der Waals surface area contributed by atoms with Crippen LogP contribution in [0.4, 0.5) is 0 Å². The van der Waals surface area contributed by atoms with Gasteiger partial charge in [-0.05, 0) is 66.6 Å². The van der Waals surface area contributed by atoms with Gasteiger partial charge in [0.2, 0.25) is 5.90 Å². The maximum absolute atomic E-state index is 13.7. The Kier molecular flexibility index (Phi) is 9.68. The van der Waals surface area contributed by atoms with Crippen LogP contribution in [0.15, 0.2) is 76.2 Å². The van der Waals surface area contributed by atoms with E-state index >= 15 is 0 Å². The van der Waals surface area contributed by atoms with Crippen molar-refractivity contribution in [1.82, 2.24) is 10.9 Å². The molecule has 10 heteroatoms. The molecule has 0 aromatic heterocycles. The zero-order chi connectivity index (χ0) is 27.1. The van der Waals surface area contributed by atoms with Gasteiger partial charge < -0.3 is 14.6 Å². The standard InChI is InChI=1S/C28H28BrCl2N3O4/c1-18-28(16-19-3-8-22(29)9-4-19,27(36)34-32-17-21-5-10-23(30)15-25(21)31)33-26(38-18)20-6-11-24(12-7-20)37-14-2-13-35/h3-12,15,18,32,35H,2,13-14,16-17H2,1H3,(H,34,36)/t18-,28-/m0/s1. The van der Waals surface area contributed by atoms with Gasteiger partial charge in [0.15, 0.2) is 5.54 Å². The van der Waals surface area contributed by atoms with Crippen LogP contribution in [0, 0.1) is 0 Å². The maximum atomic E-state index is 13.7. The Balaban J connectivity index is 1.56. The Labute approximate surface area is 240 Å². The molecule has 0 radical (unpaired) electrons. The van der Waals surface area contributed by atoms with E-state index in [1.165, 1.54) is 0 Å². The predicted molar refractivity (Wildman–Crippen MR) is 153 cm³/mol. The number of benzene rings is 3. The molecule has 0 saturated carbocycles. The minimum atomic E-state index is -1.21. The normalized spacial score (nSPS) is 18.6. The van der Waals surface area contributed by atoms with Crippen molar-refractivity contribution in [2.24, 2.45) is 4.99 Å². The fourth-order valence-electron chi connectivity index (χ4n) is 4.05. The van der Waals surface area contributed by atoms with Crippen molar-refractivity contribution in [3.05, 3.63) is 97.9 Å². The number of carbonyl (C=O) groups is 1. The van der Waals surface area contributed by atoms with Gasteiger partial charge in [-0.2, -0.15) is 0 Å². The van der Waals surface area contributed by atoms with Gasteiger partial charge in [0.25, 0.3) is 5.91 Å². The Morgan fingerprint density at radius 3 is 2.55 bits per heavy atom. The smallest absolute Gasteiger partial charge is 0.266 e. The number of aliphatic hydroxyl groups is 1. The SMILES string of the molecule is C[C@@H]1OC(c2ccc(OCCCO)cc2)=N[C@]1(Cc1ccc(Br)cc1)C(=O)NNCc1ccc(Cl)cc1Cl. The third-order valence-corrected chi connectivity index (χ3v) is 7.33. The quantitative estimate of drug-likeness (QED) is 0.195. The number of carbonyl (C=O) groups excluding carboxylic acids is 1. The molecule has 200 valence electrons. The summed E-state index contributed by atoms with van der Waals surface area (Å²) in [7, 11) is 0. The van der Waals surface area contributed by atoms with E-state index in [9.17, 15) is 4.79 Å². The lowest BCUT2D eigenvalue weighted by molar-refractivity contribution is -0.129. The third-order valence-electron chi connectivity index (χ3n) is 6.21. The molecule has 3 aromatic carbocycles. The summed E-state index contributed by atoms with van der Waals surface area (Å²) in [5, 5.41) is 9.99. The Morgan fingerprint density at radius 1 is 1.13 bits per heavy atom. The van der Waals surface area contributed by atoms with Gasteiger partial charge in [-0.15, -0.1) is 0 Å². The summed E-state index contributed by atoms with van der Waals surface area (Å²) < 4.78 is 12.7. The summed E-state index contributed by atoms with van der Waals surface area (Å²) in [5.41, 5.74) is 7.04. The first-order valence-corrected chi connectivity index (χ1v) is 13.7. The molecule has 3 aromatic rings. The van der Waals surface area contributed by atoms with E-state index in [-0.39, 0.29) is 12.5 Å². The lowest BCUT2D eigenvalue weighted by Crippen LogP contribution is -2.55. The number of hydrogen-bond acceptors (Lipinski definition) is 6. The summed E-state index contributed by atoms with van der Waals surface area (Å²) in [5.74, 6) is 0.738. The number of nitrogens with one attached hydrogen (secondary N) is 2. The number of hydrogen-bond donors (Lipinski definition) is 3. The number of aliphatic imine (C=N–C) groups is 1. The van der Waals surface area contributed by atoms with Crippen LogP contribution in [0.1, 0.15) is 30.0 Å². The molecule has 0 unspecified atom stereocenters. The molecule has 38 heavy (non-hydrogen) atoms. The zero-order valence-corrected chi connectivity index (χ0v) is 23.8. The van der Waals surface area contributed by atoms with Gasteiger partial charge in [0.05, 0.1) is 6.61 Å². The molecule has 1 aliphatic heterocycles. The van der Waals surface area contributed by atoms with Crippen molar-refractivity contribution in [3.8, 4) is 5.75 Å². The largest absolute Gasteiger partial charge is 0.494 e. The van der Waals surface area contributed by atoms with E-state index in [1.807, 2.05) is 55.5 Å². The Hall–Kier alpha value is -2.62. The van der Waals surface area contributed by atoms with Crippen molar-refractivity contribution >= 4 is 50.9 Å². The van der Waals surface area contributed by atoms with Gasteiger partial charge in [-0.25, -0.2) is 10.4 Å². The van der Waals surface area contributed by atoms with Crippen LogP contribution in [-0.2, 0) is 22.5 Å². The third kappa shape index (κ3) is 6.87. The van der Waals surface area contributed by atoms with E-state index in [2.05, 4.69) is 26.8 Å². The van der Waals surface area contributed by atoms with E-state index < -0.39 is 11.6 Å². The number of halogens is 3. The van der Waals surface area contributed by atoms with Crippen molar-refractivity contribution in [2.45, 2.75) is 38.0 Å². The van der Waals surface area contributed by atoms with E-state index in [0.717, 1.165) is 21.2 Å². The highest BCUT2D eigenvalue weighted by Gasteiger charge is 2.50. The summed E-state index contributed by atoms with van der Waals surface area (Å²) in [6.07, 6.45) is 0.353. The van der Waals surface area contributed by atoms with Crippen LogP contribution in [0.3, 0.4) is 0 Å². The molecule has 0 fully saturated rings. The van der Waals surface area contributed by atoms with Crippen LogP contribution in [-0.4, -0.2) is 41.8 Å². The highest BCUT2D eigenvalue weighted by atomic mass is 79.9. The number of aliphatic hydroxyl groups excluding tert-OH is 1. The number of amides is 1. The number of rotatable bonds is 11. The Morgan fingerprint density at radius 2 is 1.87 bits per heavy atom. The van der Waals surface area contributed by atoms with Crippen LogP contribution in [0.5, 0.6) is 5.75 Å². The topological polar surface area (TPSA) is 92.2 Å². The average molecular weight is 621 g/mol. The van der Waals surface area contributed by atoms with Gasteiger partial charge in [-0.3, -0.25) is 10.2 Å². The second kappa shape index (κ2) is 13.0. The predicted octanol–water partition coefficient (Wildman–Crippen LogP) is 5.48. The van der Waals surface area contributed by atoms with Crippen LogP contribution in [0.2, 0.25) is 10.0 Å². The first-order valence-electron chi connectivity index (χ1n) is 12.1. The molecule has 1 amide bonds. The molecule has 1 heterocycles. The van der Waals surface area contributed by atoms with E-state index in [1.54, 1.807) is 18.2 Å². The lowest BCUT2D eigenvalue weighted by Gasteiger charge is -2.28. The molecular formula is C28H28BrCl2N3O4. The second-order valence-corrected chi connectivity index (χ2v) is 10.7. The highest BCUT2D eigenvalue weighted by Crippen LogP contribution is 2.33. The minimum absolute atomic E-state index is 0.0741. The second-order valence-electron chi connectivity index (χ2n) is 8.90. The zero-order valence-electron chi connectivity index (χ0n) is 20.7. The maximum Gasteiger partial charge on any atom is 0.266 e. The molecule has 0 aliphatic carbocycles. The van der Waals surface area contributed by atoms with Gasteiger partial charge in [0, 0.05) is 46.1 Å². The minimum Gasteiger partial charge on any atom is -0.494 e. The molecule has 3 N–H and O–H groups in total. The summed E-state index contributed by atoms with van der Waals surface area (Å²) >= 11 is 15.7. The van der Waals surface area contributed by atoms with E-state index in [4.69, 9.17) is 42.8 Å². The average Bonchev–Trinajstić information content (AvgIpc) is 3.24. The van der Waals surface area contributed by atoms with Crippen molar-refractivity contribution in [3.63, 3.8) is 0 Å². The first kappa shape index (κ1) is 28.4. The molecule has 4 rings (SSSR count). The molecule has 1 aliphatic rings. The number of hydrazine groups is 1. The van der Waals surface area contributed by atoms with Crippen molar-refractivity contribution in [1.29, 1.82) is 0 Å². The summed E-state index contributed by atoms with van der Waals surface area (Å²) in [6.45, 7) is 2.65. The van der Waals surface area contributed by atoms with Crippen molar-refractivity contribution < 1.29 is 19.4 Å². The van der Waals surface area contributed by atoms with Gasteiger partial charge in [0.1, 0.15) is 11.9 Å². The molecule has 0 bridgehead atoms. The molecule has 7 nitrogen and oxygen atoms in total. The molecule has 0 spiro atoms. The highest BCUT2D eigenvalue weighted by molar-refractivity contribution is 9.10. The molecular weight excluding hydrogens is 593 g/mol. The monoisotopic (exact) mass is 619 g/mol. The van der Waals surface area contributed by atoms with Gasteiger partial charge in [-0.1, -0.05) is 57.3 Å². The lowest BCUT2D eigenvalue weighted by atomic mass is 9.86. The van der Waals surface area contributed by atoms with Gasteiger partial charge >= 0.3 is 0 Å².